The number of hydrogen-bond donors (Lipinski definition) is 0. The van der Waals surface area contributed by atoms with Crippen LogP contribution in [0.2, 0.25) is 0 Å². The Balaban J connectivity index is 1.48. The quantitative estimate of drug-likeness (QED) is 0.870. The average molecular weight is 301 g/mol. The minimum Gasteiger partial charge on any atom is -0.368 e. The lowest BCUT2D eigenvalue weighted by atomic mass is 10.2. The molecule has 2 heterocycles. The zero-order chi connectivity index (χ0) is 14.5. The zero-order valence-corrected chi connectivity index (χ0v) is 12.8. The second kappa shape index (κ2) is 6.72. The van der Waals surface area contributed by atoms with Crippen LogP contribution in [0.25, 0.3) is 0 Å². The molecule has 3 rings (SSSR count). The number of rotatable bonds is 4. The molecule has 0 spiro atoms. The third-order valence-corrected chi connectivity index (χ3v) is 4.63. The number of thiazole rings is 1. The van der Waals surface area contributed by atoms with E-state index in [2.05, 4.69) is 34.1 Å². The first-order chi connectivity index (χ1) is 10.3. The summed E-state index contributed by atoms with van der Waals surface area (Å²) in [5.41, 5.74) is 1.24. The summed E-state index contributed by atoms with van der Waals surface area (Å²) in [6.45, 7) is 3.44. The van der Waals surface area contributed by atoms with E-state index in [1.54, 1.807) is 17.5 Å². The van der Waals surface area contributed by atoms with Crippen LogP contribution in [0.4, 0.5) is 5.69 Å². The molecule has 0 N–H and O–H groups in total. The molecule has 1 aromatic heterocycles. The highest BCUT2D eigenvalue weighted by Crippen LogP contribution is 2.16. The van der Waals surface area contributed by atoms with E-state index < -0.39 is 0 Å². The Morgan fingerprint density at radius 1 is 1.14 bits per heavy atom. The standard InChI is InChI=1S/C16H19N3OS/c20-16(7-6-15-17-8-13-21-15)19-11-9-18(10-12-19)14-4-2-1-3-5-14/h1-5,8,13H,6-7,9-12H2. The van der Waals surface area contributed by atoms with Crippen LogP contribution in [0.5, 0.6) is 0 Å². The van der Waals surface area contributed by atoms with Gasteiger partial charge in [-0.25, -0.2) is 4.98 Å². The smallest absolute Gasteiger partial charge is 0.223 e. The topological polar surface area (TPSA) is 36.4 Å². The molecule has 1 aromatic carbocycles. The largest absolute Gasteiger partial charge is 0.368 e. The number of nitrogens with zero attached hydrogens (tertiary/aromatic N) is 3. The predicted octanol–water partition coefficient (Wildman–Crippen LogP) is 2.42. The maximum absolute atomic E-state index is 12.2. The molecular formula is C16H19N3OS. The molecule has 0 atom stereocenters. The van der Waals surface area contributed by atoms with E-state index in [1.165, 1.54) is 5.69 Å². The second-order valence-electron chi connectivity index (χ2n) is 5.13. The summed E-state index contributed by atoms with van der Waals surface area (Å²) in [5, 5.41) is 3.00. The number of aromatic nitrogens is 1. The van der Waals surface area contributed by atoms with Crippen molar-refractivity contribution in [3.8, 4) is 0 Å². The number of amides is 1. The lowest BCUT2D eigenvalue weighted by molar-refractivity contribution is -0.131. The fraction of sp³-hybridized carbons (Fsp3) is 0.375. The lowest BCUT2D eigenvalue weighted by Gasteiger charge is -2.36. The highest BCUT2D eigenvalue weighted by molar-refractivity contribution is 7.09. The average Bonchev–Trinajstić information content (AvgIpc) is 3.07. The molecule has 0 bridgehead atoms. The molecule has 4 nitrogen and oxygen atoms in total. The predicted molar refractivity (Wildman–Crippen MR) is 85.7 cm³/mol. The van der Waals surface area contributed by atoms with Gasteiger partial charge in [0.2, 0.25) is 5.91 Å². The van der Waals surface area contributed by atoms with Gasteiger partial charge in [-0.2, -0.15) is 0 Å². The first-order valence-electron chi connectivity index (χ1n) is 7.29. The van der Waals surface area contributed by atoms with E-state index in [0.29, 0.717) is 6.42 Å². The van der Waals surface area contributed by atoms with Crippen LogP contribution >= 0.6 is 11.3 Å². The van der Waals surface area contributed by atoms with Gasteiger partial charge in [-0.1, -0.05) is 18.2 Å². The summed E-state index contributed by atoms with van der Waals surface area (Å²) in [6.07, 6.45) is 3.12. The van der Waals surface area contributed by atoms with Gasteiger partial charge in [-0.3, -0.25) is 4.79 Å². The minimum absolute atomic E-state index is 0.248. The third kappa shape index (κ3) is 3.61. The Morgan fingerprint density at radius 3 is 2.57 bits per heavy atom. The van der Waals surface area contributed by atoms with Crippen molar-refractivity contribution in [2.75, 3.05) is 31.1 Å². The van der Waals surface area contributed by atoms with Crippen molar-refractivity contribution in [3.05, 3.63) is 46.9 Å². The van der Waals surface area contributed by atoms with Gasteiger partial charge in [0, 0.05) is 56.3 Å². The maximum Gasteiger partial charge on any atom is 0.223 e. The fourth-order valence-corrected chi connectivity index (χ4v) is 3.22. The summed E-state index contributed by atoms with van der Waals surface area (Å²) in [4.78, 5) is 20.8. The number of para-hydroxylation sites is 1. The van der Waals surface area contributed by atoms with Gasteiger partial charge in [0.25, 0.3) is 0 Å². The molecule has 0 saturated carbocycles. The van der Waals surface area contributed by atoms with Crippen molar-refractivity contribution in [2.45, 2.75) is 12.8 Å². The fourth-order valence-electron chi connectivity index (χ4n) is 2.60. The second-order valence-corrected chi connectivity index (χ2v) is 6.11. The Morgan fingerprint density at radius 2 is 1.90 bits per heavy atom. The molecule has 5 heteroatoms. The summed E-state index contributed by atoms with van der Waals surface area (Å²) < 4.78 is 0. The van der Waals surface area contributed by atoms with Crippen LogP contribution < -0.4 is 4.90 Å². The molecular weight excluding hydrogens is 282 g/mol. The van der Waals surface area contributed by atoms with E-state index in [9.17, 15) is 4.79 Å². The SMILES string of the molecule is O=C(CCc1nccs1)N1CCN(c2ccccc2)CC1. The van der Waals surface area contributed by atoms with Gasteiger partial charge >= 0.3 is 0 Å². The first kappa shape index (κ1) is 14.1. The van der Waals surface area contributed by atoms with Crippen molar-refractivity contribution in [1.82, 2.24) is 9.88 Å². The number of carbonyl (C=O) groups is 1. The molecule has 1 amide bonds. The number of hydrogen-bond acceptors (Lipinski definition) is 4. The Kier molecular flexibility index (Phi) is 4.50. The Hall–Kier alpha value is -1.88. The first-order valence-corrected chi connectivity index (χ1v) is 8.17. The van der Waals surface area contributed by atoms with E-state index >= 15 is 0 Å². The van der Waals surface area contributed by atoms with Crippen LogP contribution in [0.3, 0.4) is 0 Å². The molecule has 1 aliphatic heterocycles. The van der Waals surface area contributed by atoms with Crippen molar-refractivity contribution in [1.29, 1.82) is 0 Å². The van der Waals surface area contributed by atoms with Crippen LogP contribution in [-0.2, 0) is 11.2 Å². The molecule has 0 unspecified atom stereocenters. The number of aryl methyl sites for hydroxylation is 1. The van der Waals surface area contributed by atoms with Gasteiger partial charge in [0.15, 0.2) is 0 Å². The summed E-state index contributed by atoms with van der Waals surface area (Å²) in [7, 11) is 0. The van der Waals surface area contributed by atoms with Crippen LogP contribution in [-0.4, -0.2) is 42.0 Å². The monoisotopic (exact) mass is 301 g/mol. The number of benzene rings is 1. The highest BCUT2D eigenvalue weighted by atomic mass is 32.1. The normalized spacial score (nSPS) is 15.2. The molecule has 110 valence electrons. The molecule has 1 saturated heterocycles. The van der Waals surface area contributed by atoms with Gasteiger partial charge in [0.1, 0.15) is 0 Å². The van der Waals surface area contributed by atoms with E-state index in [4.69, 9.17) is 0 Å². The van der Waals surface area contributed by atoms with Crippen molar-refractivity contribution >= 4 is 22.9 Å². The molecule has 2 aromatic rings. The zero-order valence-electron chi connectivity index (χ0n) is 11.9. The molecule has 0 radical (unpaired) electrons. The van der Waals surface area contributed by atoms with Crippen molar-refractivity contribution < 1.29 is 4.79 Å². The number of piperazine rings is 1. The van der Waals surface area contributed by atoms with E-state index in [1.807, 2.05) is 16.3 Å². The lowest BCUT2D eigenvalue weighted by Crippen LogP contribution is -2.48. The van der Waals surface area contributed by atoms with Crippen molar-refractivity contribution in [3.63, 3.8) is 0 Å². The number of carbonyl (C=O) groups excluding carboxylic acids is 1. The summed E-state index contributed by atoms with van der Waals surface area (Å²) in [6, 6.07) is 10.4. The van der Waals surface area contributed by atoms with Gasteiger partial charge in [-0.15, -0.1) is 11.3 Å². The van der Waals surface area contributed by atoms with Crippen LogP contribution in [0, 0.1) is 0 Å². The molecule has 0 aliphatic carbocycles. The molecule has 1 fully saturated rings. The number of anilines is 1. The minimum atomic E-state index is 0.248. The molecule has 21 heavy (non-hydrogen) atoms. The van der Waals surface area contributed by atoms with Crippen molar-refractivity contribution in [2.24, 2.45) is 0 Å². The van der Waals surface area contributed by atoms with Gasteiger partial charge < -0.3 is 9.80 Å². The molecule has 1 aliphatic rings. The van der Waals surface area contributed by atoms with Gasteiger partial charge in [-0.05, 0) is 12.1 Å². The van der Waals surface area contributed by atoms with Gasteiger partial charge in [0.05, 0.1) is 5.01 Å². The Bertz CT molecular complexity index is 562. The summed E-state index contributed by atoms with van der Waals surface area (Å²) in [5.74, 6) is 0.248. The van der Waals surface area contributed by atoms with E-state index in [-0.39, 0.29) is 5.91 Å². The Labute approximate surface area is 129 Å². The third-order valence-electron chi connectivity index (χ3n) is 3.79. The van der Waals surface area contributed by atoms with E-state index in [0.717, 1.165) is 37.6 Å². The summed E-state index contributed by atoms with van der Waals surface area (Å²) >= 11 is 1.62. The maximum atomic E-state index is 12.2. The van der Waals surface area contributed by atoms with Crippen LogP contribution in [0.15, 0.2) is 41.9 Å². The van der Waals surface area contributed by atoms with Crippen LogP contribution in [0.1, 0.15) is 11.4 Å². The highest BCUT2D eigenvalue weighted by Gasteiger charge is 2.21.